The van der Waals surface area contributed by atoms with E-state index >= 15 is 0 Å². The van der Waals surface area contributed by atoms with E-state index in [2.05, 4.69) is 11.9 Å². The second kappa shape index (κ2) is 10.4. The predicted molar refractivity (Wildman–Crippen MR) is 113 cm³/mol. The fourth-order valence-corrected chi connectivity index (χ4v) is 3.99. The zero-order valence-corrected chi connectivity index (χ0v) is 18.6. The van der Waals surface area contributed by atoms with Gasteiger partial charge < -0.3 is 15.2 Å². The molecule has 10 nitrogen and oxygen atoms in total. The number of hydrogen-bond acceptors (Lipinski definition) is 8. The average Bonchev–Trinajstić information content (AvgIpc) is 2.79. The van der Waals surface area contributed by atoms with Gasteiger partial charge in [-0.15, -0.1) is 0 Å². The van der Waals surface area contributed by atoms with Crippen molar-refractivity contribution in [3.8, 4) is 0 Å². The van der Waals surface area contributed by atoms with Crippen molar-refractivity contribution in [1.82, 2.24) is 4.90 Å². The van der Waals surface area contributed by atoms with E-state index in [0.717, 1.165) is 12.8 Å². The lowest BCUT2D eigenvalue weighted by Gasteiger charge is -2.36. The van der Waals surface area contributed by atoms with Crippen LogP contribution in [0.25, 0.3) is 0 Å². The molecule has 2 bridgehead atoms. The number of nitrogens with zero attached hydrogens (tertiary/aromatic N) is 1. The van der Waals surface area contributed by atoms with Crippen molar-refractivity contribution < 1.29 is 36.6 Å². The molecule has 2 fully saturated rings. The van der Waals surface area contributed by atoms with Crippen LogP contribution < -0.4 is 5.73 Å². The molecular weight excluding hydrogens is 428 g/mol. The summed E-state index contributed by atoms with van der Waals surface area (Å²) in [6.45, 7) is 4.01. The monoisotopic (exact) mass is 458 g/mol. The number of ether oxygens (including phenoxy) is 2. The standard InChI is InChI=1S/C20H28N2O4.H2O4S/c1-12(2)8-19(23)25-16-9-15-10-18(17(11-16)22(15)3)26-20(24)13-4-6-14(21)7-5-13;1-5(2,3)4/h4-7,12,15-18H,8-11,21H2,1-3H3;(H2,1,2,3,4)/t15-,16-,17+,18-;/m0./s1. The van der Waals surface area contributed by atoms with Gasteiger partial charge in [-0.05, 0) is 37.2 Å². The van der Waals surface area contributed by atoms with Crippen molar-refractivity contribution in [3.05, 3.63) is 29.8 Å². The highest BCUT2D eigenvalue weighted by molar-refractivity contribution is 7.79. The molecule has 0 radical (unpaired) electrons. The highest BCUT2D eigenvalue weighted by Gasteiger charge is 2.47. The molecule has 1 aromatic rings. The number of anilines is 1. The van der Waals surface area contributed by atoms with Gasteiger partial charge in [-0.1, -0.05) is 13.8 Å². The first kappa shape index (κ1) is 25.1. The van der Waals surface area contributed by atoms with E-state index in [1.807, 2.05) is 13.8 Å². The number of fused-ring (bicyclic) bond motifs is 2. The first-order valence-corrected chi connectivity index (χ1v) is 11.4. The van der Waals surface area contributed by atoms with Gasteiger partial charge in [0.05, 0.1) is 11.6 Å². The van der Waals surface area contributed by atoms with Gasteiger partial charge in [-0.25, -0.2) is 4.79 Å². The Morgan fingerprint density at radius 2 is 1.71 bits per heavy atom. The van der Waals surface area contributed by atoms with Gasteiger partial charge in [0, 0.05) is 37.4 Å². The summed E-state index contributed by atoms with van der Waals surface area (Å²) in [5, 5.41) is 0. The maximum absolute atomic E-state index is 12.4. The van der Waals surface area contributed by atoms with E-state index in [9.17, 15) is 9.59 Å². The van der Waals surface area contributed by atoms with Crippen LogP contribution in [0.3, 0.4) is 0 Å². The quantitative estimate of drug-likeness (QED) is 0.338. The minimum absolute atomic E-state index is 0.0864. The molecule has 0 amide bonds. The lowest BCUT2D eigenvalue weighted by Crippen LogP contribution is -2.46. The number of benzene rings is 1. The lowest BCUT2D eigenvalue weighted by molar-refractivity contribution is -0.153. The molecular formula is C20H30N2O8S. The summed E-state index contributed by atoms with van der Waals surface area (Å²) in [5.41, 5.74) is 6.78. The Kier molecular flexibility index (Phi) is 8.41. The maximum Gasteiger partial charge on any atom is 0.394 e. The third-order valence-electron chi connectivity index (χ3n) is 5.35. The topological polar surface area (TPSA) is 156 Å². The van der Waals surface area contributed by atoms with E-state index in [0.29, 0.717) is 30.0 Å². The summed E-state index contributed by atoms with van der Waals surface area (Å²) in [6.07, 6.45) is 2.46. The van der Waals surface area contributed by atoms with Crippen molar-refractivity contribution in [3.63, 3.8) is 0 Å². The Bertz CT molecular complexity index is 864. The van der Waals surface area contributed by atoms with Crippen LogP contribution in [0.5, 0.6) is 0 Å². The maximum atomic E-state index is 12.4. The Morgan fingerprint density at radius 3 is 2.26 bits per heavy atom. The zero-order chi connectivity index (χ0) is 23.3. The van der Waals surface area contributed by atoms with E-state index in [1.165, 1.54) is 0 Å². The fourth-order valence-electron chi connectivity index (χ4n) is 3.99. The van der Waals surface area contributed by atoms with Crippen molar-refractivity contribution in [2.45, 2.75) is 63.8 Å². The Balaban J connectivity index is 0.000000614. The summed E-state index contributed by atoms with van der Waals surface area (Å²) >= 11 is 0. The van der Waals surface area contributed by atoms with Crippen LogP contribution in [-0.4, -0.2) is 65.7 Å². The Hall–Kier alpha value is -2.21. The zero-order valence-electron chi connectivity index (χ0n) is 17.8. The number of hydrogen-bond donors (Lipinski definition) is 3. The number of rotatable bonds is 5. The smallest absolute Gasteiger partial charge is 0.394 e. The third kappa shape index (κ3) is 8.09. The van der Waals surface area contributed by atoms with E-state index in [1.54, 1.807) is 24.3 Å². The van der Waals surface area contributed by atoms with Crippen LogP contribution in [0.15, 0.2) is 24.3 Å². The van der Waals surface area contributed by atoms with Crippen LogP contribution in [0.1, 0.15) is 49.9 Å². The highest BCUT2D eigenvalue weighted by Crippen LogP contribution is 2.38. The van der Waals surface area contributed by atoms with Gasteiger partial charge in [-0.3, -0.25) is 18.8 Å². The molecule has 174 valence electrons. The van der Waals surface area contributed by atoms with E-state index < -0.39 is 10.4 Å². The van der Waals surface area contributed by atoms with Gasteiger partial charge in [0.15, 0.2) is 0 Å². The first-order valence-electron chi connectivity index (χ1n) is 10.0. The molecule has 0 unspecified atom stereocenters. The van der Waals surface area contributed by atoms with Gasteiger partial charge in [0.2, 0.25) is 0 Å². The van der Waals surface area contributed by atoms with Gasteiger partial charge >= 0.3 is 22.3 Å². The number of nitrogen functional groups attached to an aromatic ring is 1. The van der Waals surface area contributed by atoms with Crippen molar-refractivity contribution in [2.75, 3.05) is 12.8 Å². The largest absolute Gasteiger partial charge is 0.462 e. The molecule has 2 aliphatic heterocycles. The molecule has 2 heterocycles. The lowest BCUT2D eigenvalue weighted by atomic mass is 10.00. The van der Waals surface area contributed by atoms with Crippen LogP contribution in [0.4, 0.5) is 5.69 Å². The Morgan fingerprint density at radius 1 is 1.13 bits per heavy atom. The van der Waals surface area contributed by atoms with Gasteiger partial charge in [-0.2, -0.15) is 8.42 Å². The average molecular weight is 459 g/mol. The Labute approximate surface area is 182 Å². The molecule has 1 aromatic carbocycles. The minimum atomic E-state index is -4.67. The molecule has 0 spiro atoms. The third-order valence-corrected chi connectivity index (χ3v) is 5.35. The predicted octanol–water partition coefficient (Wildman–Crippen LogP) is 1.97. The molecule has 4 atom stereocenters. The molecule has 11 heteroatoms. The number of piperidine rings is 1. The molecule has 0 saturated carbocycles. The number of carbonyl (C=O) groups is 2. The molecule has 0 aliphatic carbocycles. The molecule has 3 rings (SSSR count). The number of nitrogens with two attached hydrogens (primary N) is 1. The van der Waals surface area contributed by atoms with Crippen molar-refractivity contribution in [1.29, 1.82) is 0 Å². The summed E-state index contributed by atoms with van der Waals surface area (Å²) < 4.78 is 43.0. The van der Waals surface area contributed by atoms with Crippen LogP contribution >= 0.6 is 0 Å². The second-order valence-corrected chi connectivity index (χ2v) is 9.21. The summed E-state index contributed by atoms with van der Waals surface area (Å²) in [4.78, 5) is 26.7. The SMILES string of the molecule is CC(C)CC(=O)O[C@H]1C[C@H]2C[C@H](OC(=O)c3ccc(N)cc3)[C@@H](C1)N2C.O=S(=O)(O)O. The summed E-state index contributed by atoms with van der Waals surface area (Å²) in [5.74, 6) is -0.173. The fraction of sp³-hybridized carbons (Fsp3) is 0.600. The number of carbonyl (C=O) groups excluding carboxylic acids is 2. The van der Waals surface area contributed by atoms with Crippen LogP contribution in [-0.2, 0) is 24.7 Å². The minimum Gasteiger partial charge on any atom is -0.462 e. The molecule has 2 aliphatic rings. The van der Waals surface area contributed by atoms with Gasteiger partial charge in [0.25, 0.3) is 0 Å². The van der Waals surface area contributed by atoms with E-state index in [-0.39, 0.29) is 36.2 Å². The normalized spacial score (nSPS) is 25.5. The highest BCUT2D eigenvalue weighted by atomic mass is 32.3. The van der Waals surface area contributed by atoms with Crippen LogP contribution in [0, 0.1) is 5.92 Å². The molecule has 0 aromatic heterocycles. The number of esters is 2. The second-order valence-electron chi connectivity index (χ2n) is 8.32. The van der Waals surface area contributed by atoms with Crippen LogP contribution in [0.2, 0.25) is 0 Å². The molecule has 4 N–H and O–H groups in total. The number of likely N-dealkylation sites (N-methyl/N-ethyl adjacent to an activating group) is 1. The van der Waals surface area contributed by atoms with Crippen molar-refractivity contribution in [2.24, 2.45) is 5.92 Å². The first-order chi connectivity index (χ1) is 14.3. The molecule has 2 saturated heterocycles. The van der Waals surface area contributed by atoms with Gasteiger partial charge in [0.1, 0.15) is 12.2 Å². The van der Waals surface area contributed by atoms with E-state index in [4.69, 9.17) is 32.7 Å². The van der Waals surface area contributed by atoms with Crippen molar-refractivity contribution >= 4 is 28.0 Å². The summed E-state index contributed by atoms with van der Waals surface area (Å²) in [6, 6.07) is 7.11. The molecule has 31 heavy (non-hydrogen) atoms. The summed E-state index contributed by atoms with van der Waals surface area (Å²) in [7, 11) is -2.61.